The molecule has 0 unspecified atom stereocenters. The van der Waals surface area contributed by atoms with Gasteiger partial charge in [0, 0.05) is 19.2 Å². The van der Waals surface area contributed by atoms with E-state index in [4.69, 9.17) is 23.2 Å². The van der Waals surface area contributed by atoms with Gasteiger partial charge in [-0.3, -0.25) is 9.59 Å². The van der Waals surface area contributed by atoms with E-state index in [9.17, 15) is 9.59 Å². The van der Waals surface area contributed by atoms with Crippen LogP contribution in [-0.2, 0) is 9.59 Å². The van der Waals surface area contributed by atoms with E-state index in [2.05, 4.69) is 0 Å². The van der Waals surface area contributed by atoms with Crippen LogP contribution in [0.15, 0.2) is 48.5 Å². The molecule has 0 spiro atoms. The maximum Gasteiger partial charge on any atom is 0.247 e. The Hall–Kier alpha value is -2.04. The van der Waals surface area contributed by atoms with Gasteiger partial charge >= 0.3 is 0 Å². The SMILES string of the molecule is CCN(C(=O)CN(C(C)=O)c1c(Cl)cccc1Cl)c1ccccc1. The summed E-state index contributed by atoms with van der Waals surface area (Å²) >= 11 is 12.4. The molecule has 2 aromatic rings. The quantitative estimate of drug-likeness (QED) is 0.788. The van der Waals surface area contributed by atoms with E-state index in [1.165, 1.54) is 11.8 Å². The van der Waals surface area contributed by atoms with Crippen molar-refractivity contribution in [3.63, 3.8) is 0 Å². The number of nitrogens with zero attached hydrogens (tertiary/aromatic N) is 2. The molecule has 4 nitrogen and oxygen atoms in total. The van der Waals surface area contributed by atoms with Gasteiger partial charge in [-0.2, -0.15) is 0 Å². The van der Waals surface area contributed by atoms with E-state index < -0.39 is 0 Å². The van der Waals surface area contributed by atoms with Gasteiger partial charge in [-0.15, -0.1) is 0 Å². The Labute approximate surface area is 151 Å². The Kier molecular flexibility index (Phi) is 6.23. The molecule has 0 aliphatic rings. The number of hydrogen-bond acceptors (Lipinski definition) is 2. The van der Waals surface area contributed by atoms with E-state index in [1.54, 1.807) is 23.1 Å². The lowest BCUT2D eigenvalue weighted by Crippen LogP contribution is -2.42. The van der Waals surface area contributed by atoms with Gasteiger partial charge in [-0.25, -0.2) is 0 Å². The Morgan fingerprint density at radius 1 is 0.917 bits per heavy atom. The first kappa shape index (κ1) is 18.3. The lowest BCUT2D eigenvalue weighted by Gasteiger charge is -2.27. The van der Waals surface area contributed by atoms with Crippen LogP contribution < -0.4 is 9.80 Å². The summed E-state index contributed by atoms with van der Waals surface area (Å²) < 4.78 is 0. The lowest BCUT2D eigenvalue weighted by atomic mass is 10.2. The third-order valence-electron chi connectivity index (χ3n) is 3.57. The number of likely N-dealkylation sites (N-methyl/N-ethyl adjacent to an activating group) is 1. The van der Waals surface area contributed by atoms with Crippen LogP contribution in [-0.4, -0.2) is 24.9 Å². The first-order valence-corrected chi connectivity index (χ1v) is 8.28. The molecule has 0 aromatic heterocycles. The van der Waals surface area contributed by atoms with Gasteiger partial charge in [-0.1, -0.05) is 47.5 Å². The number of anilines is 2. The van der Waals surface area contributed by atoms with Gasteiger partial charge in [0.25, 0.3) is 0 Å². The number of benzene rings is 2. The molecular formula is C18H18Cl2N2O2. The lowest BCUT2D eigenvalue weighted by molar-refractivity contribution is -0.121. The van der Waals surface area contributed by atoms with E-state index >= 15 is 0 Å². The Morgan fingerprint density at radius 3 is 2.00 bits per heavy atom. The van der Waals surface area contributed by atoms with Gasteiger partial charge in [0.2, 0.25) is 11.8 Å². The monoisotopic (exact) mass is 364 g/mol. The molecule has 126 valence electrons. The van der Waals surface area contributed by atoms with E-state index in [1.807, 2.05) is 37.3 Å². The van der Waals surface area contributed by atoms with E-state index in [-0.39, 0.29) is 18.4 Å². The molecule has 0 radical (unpaired) electrons. The fraction of sp³-hybridized carbons (Fsp3) is 0.222. The van der Waals surface area contributed by atoms with Crippen molar-refractivity contribution < 1.29 is 9.59 Å². The van der Waals surface area contributed by atoms with Crippen LogP contribution in [0, 0.1) is 0 Å². The molecular weight excluding hydrogens is 347 g/mol. The molecule has 0 atom stereocenters. The minimum absolute atomic E-state index is 0.137. The summed E-state index contributed by atoms with van der Waals surface area (Å²) in [6.45, 7) is 3.61. The third kappa shape index (κ3) is 4.08. The highest BCUT2D eigenvalue weighted by Gasteiger charge is 2.24. The number of carbonyl (C=O) groups excluding carboxylic acids is 2. The van der Waals surface area contributed by atoms with Crippen LogP contribution in [0.5, 0.6) is 0 Å². The molecule has 2 aromatic carbocycles. The number of hydrogen-bond donors (Lipinski definition) is 0. The zero-order valence-corrected chi connectivity index (χ0v) is 15.0. The van der Waals surface area contributed by atoms with Gasteiger partial charge in [0.15, 0.2) is 0 Å². The fourth-order valence-electron chi connectivity index (χ4n) is 2.43. The molecule has 0 N–H and O–H groups in total. The third-order valence-corrected chi connectivity index (χ3v) is 4.18. The van der Waals surface area contributed by atoms with Gasteiger partial charge in [0.1, 0.15) is 6.54 Å². The van der Waals surface area contributed by atoms with Crippen molar-refractivity contribution in [2.24, 2.45) is 0 Å². The number of halogens is 2. The Balaban J connectivity index is 2.31. The molecule has 2 amide bonds. The predicted octanol–water partition coefficient (Wildman–Crippen LogP) is 4.40. The van der Waals surface area contributed by atoms with Crippen molar-refractivity contribution in [3.05, 3.63) is 58.6 Å². The van der Waals surface area contributed by atoms with Crippen LogP contribution in [0.4, 0.5) is 11.4 Å². The number of para-hydroxylation sites is 2. The summed E-state index contributed by atoms with van der Waals surface area (Å²) in [4.78, 5) is 27.7. The summed E-state index contributed by atoms with van der Waals surface area (Å²) in [7, 11) is 0. The highest BCUT2D eigenvalue weighted by atomic mass is 35.5. The summed E-state index contributed by atoms with van der Waals surface area (Å²) in [6.07, 6.45) is 0. The molecule has 0 fully saturated rings. The van der Waals surface area contributed by atoms with Crippen LogP contribution in [0.3, 0.4) is 0 Å². The van der Waals surface area contributed by atoms with Gasteiger partial charge in [0.05, 0.1) is 15.7 Å². The summed E-state index contributed by atoms with van der Waals surface area (Å²) in [5.74, 6) is -0.516. The van der Waals surface area contributed by atoms with Gasteiger partial charge in [-0.05, 0) is 31.2 Å². The maximum atomic E-state index is 12.7. The van der Waals surface area contributed by atoms with Crippen molar-refractivity contribution in [1.29, 1.82) is 0 Å². The van der Waals surface area contributed by atoms with Crippen LogP contribution >= 0.6 is 23.2 Å². The Bertz CT molecular complexity index is 715. The second kappa shape index (κ2) is 8.18. The fourth-order valence-corrected chi connectivity index (χ4v) is 3.03. The molecule has 0 heterocycles. The molecule has 6 heteroatoms. The zero-order valence-electron chi connectivity index (χ0n) is 13.5. The molecule has 0 aliphatic carbocycles. The highest BCUT2D eigenvalue weighted by Crippen LogP contribution is 2.33. The second-order valence-electron chi connectivity index (χ2n) is 5.15. The number of rotatable bonds is 5. The zero-order chi connectivity index (χ0) is 17.7. The first-order chi connectivity index (χ1) is 11.5. The van der Waals surface area contributed by atoms with Crippen molar-refractivity contribution in [1.82, 2.24) is 0 Å². The average molecular weight is 365 g/mol. The van der Waals surface area contributed by atoms with Crippen molar-refractivity contribution in [2.75, 3.05) is 22.9 Å². The molecule has 0 aliphatic heterocycles. The highest BCUT2D eigenvalue weighted by molar-refractivity contribution is 6.40. The summed E-state index contributed by atoms with van der Waals surface area (Å²) in [5, 5.41) is 0.654. The normalized spacial score (nSPS) is 10.3. The van der Waals surface area contributed by atoms with Crippen molar-refractivity contribution >= 4 is 46.4 Å². The average Bonchev–Trinajstić information content (AvgIpc) is 2.55. The molecule has 24 heavy (non-hydrogen) atoms. The minimum Gasteiger partial charge on any atom is -0.311 e. The molecule has 0 bridgehead atoms. The topological polar surface area (TPSA) is 40.6 Å². The van der Waals surface area contributed by atoms with Crippen LogP contribution in [0.1, 0.15) is 13.8 Å². The first-order valence-electron chi connectivity index (χ1n) is 7.53. The standard InChI is InChI=1S/C18H18Cl2N2O2/c1-3-21(14-8-5-4-6-9-14)17(24)12-22(13(2)23)18-15(19)10-7-11-16(18)20/h4-11H,3,12H2,1-2H3. The van der Waals surface area contributed by atoms with E-state index in [0.29, 0.717) is 22.3 Å². The van der Waals surface area contributed by atoms with Crippen molar-refractivity contribution in [2.45, 2.75) is 13.8 Å². The van der Waals surface area contributed by atoms with Gasteiger partial charge < -0.3 is 9.80 Å². The second-order valence-corrected chi connectivity index (χ2v) is 5.96. The number of amides is 2. The van der Waals surface area contributed by atoms with Crippen LogP contribution in [0.25, 0.3) is 0 Å². The maximum absolute atomic E-state index is 12.7. The van der Waals surface area contributed by atoms with Crippen LogP contribution in [0.2, 0.25) is 10.0 Å². The smallest absolute Gasteiger partial charge is 0.247 e. The molecule has 2 rings (SSSR count). The van der Waals surface area contributed by atoms with Crippen molar-refractivity contribution in [3.8, 4) is 0 Å². The molecule has 0 saturated heterocycles. The largest absolute Gasteiger partial charge is 0.311 e. The summed E-state index contributed by atoms with van der Waals surface area (Å²) in [6, 6.07) is 14.3. The summed E-state index contributed by atoms with van der Waals surface area (Å²) in [5.41, 5.74) is 1.13. The molecule has 0 saturated carbocycles. The van der Waals surface area contributed by atoms with E-state index in [0.717, 1.165) is 5.69 Å². The predicted molar refractivity (Wildman–Crippen MR) is 99.0 cm³/mol. The Morgan fingerprint density at radius 2 is 1.50 bits per heavy atom. The minimum atomic E-state index is -0.303. The number of carbonyl (C=O) groups is 2.